The van der Waals surface area contributed by atoms with Crippen LogP contribution in [0.1, 0.15) is 19.8 Å². The zero-order valence-electron chi connectivity index (χ0n) is 13.0. The van der Waals surface area contributed by atoms with Crippen LogP contribution in [0.25, 0.3) is 0 Å². The molecule has 0 bridgehead atoms. The zero-order chi connectivity index (χ0) is 17.0. The lowest BCUT2D eigenvalue weighted by atomic mass is 9.97. The van der Waals surface area contributed by atoms with Crippen molar-refractivity contribution in [3.63, 3.8) is 0 Å². The molecule has 0 aliphatic carbocycles. The first-order valence-electron chi connectivity index (χ1n) is 7.61. The fourth-order valence-corrected chi connectivity index (χ4v) is 3.95. The van der Waals surface area contributed by atoms with Crippen LogP contribution in [0.2, 0.25) is 0 Å². The second-order valence-corrected chi connectivity index (χ2v) is 7.46. The molecule has 1 aromatic carbocycles. The molecule has 1 amide bonds. The SMILES string of the molecule is CC(NS(=O)(=O)c1ccccc1F)C(=O)N1CCC(CN)CC1. The Hall–Kier alpha value is -1.51. The van der Waals surface area contributed by atoms with Gasteiger partial charge in [0.25, 0.3) is 0 Å². The number of carbonyl (C=O) groups excluding carboxylic acids is 1. The van der Waals surface area contributed by atoms with Crippen LogP contribution in [0.15, 0.2) is 29.2 Å². The molecule has 1 saturated heterocycles. The zero-order valence-corrected chi connectivity index (χ0v) is 13.9. The van der Waals surface area contributed by atoms with E-state index in [2.05, 4.69) is 4.72 Å². The van der Waals surface area contributed by atoms with Crippen LogP contribution in [0, 0.1) is 11.7 Å². The lowest BCUT2D eigenvalue weighted by Crippen LogP contribution is -2.49. The van der Waals surface area contributed by atoms with Gasteiger partial charge in [-0.1, -0.05) is 12.1 Å². The highest BCUT2D eigenvalue weighted by atomic mass is 32.2. The van der Waals surface area contributed by atoms with Crippen molar-refractivity contribution in [2.45, 2.75) is 30.7 Å². The molecule has 3 N–H and O–H groups in total. The molecular formula is C15H22FN3O3S. The lowest BCUT2D eigenvalue weighted by Gasteiger charge is -2.33. The number of benzene rings is 1. The second-order valence-electron chi connectivity index (χ2n) is 5.78. The Morgan fingerprint density at radius 3 is 2.57 bits per heavy atom. The average Bonchev–Trinajstić information content (AvgIpc) is 2.54. The molecule has 0 aromatic heterocycles. The highest BCUT2D eigenvalue weighted by molar-refractivity contribution is 7.89. The van der Waals surface area contributed by atoms with E-state index >= 15 is 0 Å². The van der Waals surface area contributed by atoms with Gasteiger partial charge in [-0.05, 0) is 44.4 Å². The topological polar surface area (TPSA) is 92.5 Å². The Bertz CT molecular complexity index is 658. The summed E-state index contributed by atoms with van der Waals surface area (Å²) in [6, 6.07) is 4.13. The van der Waals surface area contributed by atoms with Gasteiger partial charge in [-0.3, -0.25) is 4.79 Å². The number of amides is 1. The van der Waals surface area contributed by atoms with Gasteiger partial charge in [0, 0.05) is 13.1 Å². The van der Waals surface area contributed by atoms with Crippen molar-refractivity contribution >= 4 is 15.9 Å². The fraction of sp³-hybridized carbons (Fsp3) is 0.533. The smallest absolute Gasteiger partial charge is 0.244 e. The van der Waals surface area contributed by atoms with Gasteiger partial charge in [0.2, 0.25) is 15.9 Å². The van der Waals surface area contributed by atoms with Crippen molar-refractivity contribution in [2.75, 3.05) is 19.6 Å². The van der Waals surface area contributed by atoms with Crippen molar-refractivity contribution in [2.24, 2.45) is 11.7 Å². The largest absolute Gasteiger partial charge is 0.341 e. The third-order valence-corrected chi connectivity index (χ3v) is 5.66. The molecule has 0 radical (unpaired) electrons. The fourth-order valence-electron chi connectivity index (χ4n) is 2.67. The molecule has 1 aliphatic heterocycles. The first-order valence-corrected chi connectivity index (χ1v) is 9.09. The highest BCUT2D eigenvalue weighted by Crippen LogP contribution is 2.18. The minimum Gasteiger partial charge on any atom is -0.341 e. The standard InChI is InChI=1S/C15H22FN3O3S/c1-11(15(20)19-8-6-12(10-17)7-9-19)18-23(21,22)14-5-3-2-4-13(14)16/h2-5,11-12,18H,6-10,17H2,1H3. The van der Waals surface area contributed by atoms with E-state index in [1.807, 2.05) is 0 Å². The lowest BCUT2D eigenvalue weighted by molar-refractivity contribution is -0.133. The number of halogens is 1. The quantitative estimate of drug-likeness (QED) is 0.823. The molecule has 0 spiro atoms. The Morgan fingerprint density at radius 2 is 2.00 bits per heavy atom. The van der Waals surface area contributed by atoms with Crippen LogP contribution in [0.4, 0.5) is 4.39 Å². The molecule has 6 nitrogen and oxygen atoms in total. The molecule has 1 aromatic rings. The van der Waals surface area contributed by atoms with E-state index < -0.39 is 26.8 Å². The molecule has 128 valence electrons. The van der Waals surface area contributed by atoms with E-state index in [1.165, 1.54) is 25.1 Å². The first kappa shape index (κ1) is 17.8. The molecule has 1 unspecified atom stereocenters. The predicted molar refractivity (Wildman–Crippen MR) is 84.5 cm³/mol. The van der Waals surface area contributed by atoms with Crippen molar-refractivity contribution in [1.82, 2.24) is 9.62 Å². The van der Waals surface area contributed by atoms with Crippen LogP contribution in [0.3, 0.4) is 0 Å². The summed E-state index contributed by atoms with van der Waals surface area (Å²) in [5.41, 5.74) is 5.62. The van der Waals surface area contributed by atoms with Crippen LogP contribution in [0.5, 0.6) is 0 Å². The number of nitrogens with two attached hydrogens (primary N) is 1. The molecule has 1 heterocycles. The van der Waals surface area contributed by atoms with Gasteiger partial charge in [-0.2, -0.15) is 4.72 Å². The van der Waals surface area contributed by atoms with Crippen molar-refractivity contribution < 1.29 is 17.6 Å². The minimum atomic E-state index is -4.08. The van der Waals surface area contributed by atoms with Gasteiger partial charge < -0.3 is 10.6 Å². The molecule has 2 rings (SSSR count). The molecular weight excluding hydrogens is 321 g/mol. The summed E-state index contributed by atoms with van der Waals surface area (Å²) < 4.78 is 40.3. The maximum Gasteiger partial charge on any atom is 0.244 e. The Labute approximate surface area is 135 Å². The van der Waals surface area contributed by atoms with E-state index in [4.69, 9.17) is 5.73 Å². The number of sulfonamides is 1. The van der Waals surface area contributed by atoms with Crippen LogP contribution in [-0.2, 0) is 14.8 Å². The number of rotatable bonds is 5. The van der Waals surface area contributed by atoms with Gasteiger partial charge in [0.15, 0.2) is 0 Å². The van der Waals surface area contributed by atoms with Crippen LogP contribution >= 0.6 is 0 Å². The Morgan fingerprint density at radius 1 is 1.39 bits per heavy atom. The monoisotopic (exact) mass is 343 g/mol. The van der Waals surface area contributed by atoms with Gasteiger partial charge in [0.05, 0.1) is 6.04 Å². The normalized spacial score (nSPS) is 18.0. The summed E-state index contributed by atoms with van der Waals surface area (Å²) in [5, 5.41) is 0. The number of likely N-dealkylation sites (tertiary alicyclic amines) is 1. The number of nitrogens with one attached hydrogen (secondary N) is 1. The summed E-state index contributed by atoms with van der Waals surface area (Å²) >= 11 is 0. The molecule has 1 fully saturated rings. The third-order valence-electron chi connectivity index (χ3n) is 4.09. The maximum atomic E-state index is 13.6. The Kier molecular flexibility index (Phi) is 5.72. The van der Waals surface area contributed by atoms with Gasteiger partial charge in [-0.15, -0.1) is 0 Å². The summed E-state index contributed by atoms with van der Waals surface area (Å²) in [7, 11) is -4.08. The molecule has 8 heteroatoms. The predicted octanol–water partition coefficient (Wildman–Crippen LogP) is 0.690. The van der Waals surface area contributed by atoms with Gasteiger partial charge in [0.1, 0.15) is 10.7 Å². The molecule has 23 heavy (non-hydrogen) atoms. The molecule has 1 aliphatic rings. The second kappa shape index (κ2) is 7.37. The summed E-state index contributed by atoms with van der Waals surface area (Å²) in [4.78, 5) is 13.5. The third kappa shape index (κ3) is 4.27. The maximum absolute atomic E-state index is 13.6. The number of hydrogen-bond donors (Lipinski definition) is 2. The van der Waals surface area contributed by atoms with E-state index in [9.17, 15) is 17.6 Å². The number of hydrogen-bond acceptors (Lipinski definition) is 4. The minimum absolute atomic E-state index is 0.305. The highest BCUT2D eigenvalue weighted by Gasteiger charge is 2.29. The van der Waals surface area contributed by atoms with Crippen molar-refractivity contribution in [3.05, 3.63) is 30.1 Å². The summed E-state index contributed by atoms with van der Waals surface area (Å²) in [6.07, 6.45) is 1.63. The van der Waals surface area contributed by atoms with E-state index in [-0.39, 0.29) is 5.91 Å². The van der Waals surface area contributed by atoms with Crippen LogP contribution < -0.4 is 10.5 Å². The van der Waals surface area contributed by atoms with Crippen molar-refractivity contribution in [3.8, 4) is 0 Å². The average molecular weight is 343 g/mol. The molecule has 1 atom stereocenters. The van der Waals surface area contributed by atoms with Gasteiger partial charge in [-0.25, -0.2) is 12.8 Å². The van der Waals surface area contributed by atoms with E-state index in [0.717, 1.165) is 18.9 Å². The number of carbonyl (C=O) groups is 1. The summed E-state index contributed by atoms with van der Waals surface area (Å²) in [6.45, 7) is 3.19. The first-order chi connectivity index (χ1) is 10.8. The number of nitrogens with zero attached hydrogens (tertiary/aromatic N) is 1. The molecule has 0 saturated carbocycles. The Balaban J connectivity index is 2.02. The van der Waals surface area contributed by atoms with Crippen molar-refractivity contribution in [1.29, 1.82) is 0 Å². The number of piperidine rings is 1. The summed E-state index contributed by atoms with van der Waals surface area (Å²) in [5.74, 6) is -0.742. The van der Waals surface area contributed by atoms with Crippen LogP contribution in [-0.4, -0.2) is 44.9 Å². The van der Waals surface area contributed by atoms with Gasteiger partial charge >= 0.3 is 0 Å². The van der Waals surface area contributed by atoms with E-state index in [1.54, 1.807) is 4.90 Å². The van der Waals surface area contributed by atoms with E-state index in [0.29, 0.717) is 25.6 Å².